The molecule has 0 radical (unpaired) electrons. The molecule has 2 aromatic heterocycles. The van der Waals surface area contributed by atoms with Crippen LogP contribution in [0.25, 0.3) is 0 Å². The number of methoxy groups -OCH3 is 1. The first-order chi connectivity index (χ1) is 12.3. The highest BCUT2D eigenvalue weighted by Gasteiger charge is 2.32. The number of aliphatic hydroxyl groups is 1. The Kier molecular flexibility index (Phi) is 6.51. The smallest absolute Gasteiger partial charge is 0.433 e. The molecule has 9 heteroatoms. The number of amides is 1. The van der Waals surface area contributed by atoms with Gasteiger partial charge in [0.2, 0.25) is 0 Å². The summed E-state index contributed by atoms with van der Waals surface area (Å²) in [5, 5.41) is 10.2. The fourth-order valence-corrected chi connectivity index (χ4v) is 2.28. The van der Waals surface area contributed by atoms with Crippen LogP contribution >= 0.6 is 0 Å². The van der Waals surface area contributed by atoms with Gasteiger partial charge in [0.05, 0.1) is 19.8 Å². The van der Waals surface area contributed by atoms with Gasteiger partial charge in [-0.15, -0.1) is 0 Å². The normalized spacial score (nSPS) is 12.5. The van der Waals surface area contributed by atoms with Crippen molar-refractivity contribution >= 4 is 6.09 Å². The summed E-state index contributed by atoms with van der Waals surface area (Å²) in [4.78, 5) is 20.5. The van der Waals surface area contributed by atoms with Crippen molar-refractivity contribution in [2.45, 2.75) is 18.7 Å². The van der Waals surface area contributed by atoms with E-state index in [1.165, 1.54) is 24.3 Å². The topological polar surface area (TPSA) is 75.5 Å². The number of nitrogens with zero attached hydrogens (tertiary/aromatic N) is 3. The van der Waals surface area contributed by atoms with Gasteiger partial charge in [0.15, 0.2) is 0 Å². The number of halogens is 3. The van der Waals surface area contributed by atoms with Gasteiger partial charge in [-0.2, -0.15) is 13.2 Å². The lowest BCUT2D eigenvalue weighted by Gasteiger charge is -2.24. The van der Waals surface area contributed by atoms with E-state index in [9.17, 15) is 23.1 Å². The predicted octanol–water partition coefficient (Wildman–Crippen LogP) is 2.84. The van der Waals surface area contributed by atoms with E-state index in [1.54, 1.807) is 18.3 Å². The zero-order valence-electron chi connectivity index (χ0n) is 14.0. The molecule has 0 aliphatic heterocycles. The summed E-state index contributed by atoms with van der Waals surface area (Å²) in [5.41, 5.74) is 0.0958. The van der Waals surface area contributed by atoms with Gasteiger partial charge < -0.3 is 14.7 Å². The van der Waals surface area contributed by atoms with Crippen LogP contribution in [0.1, 0.15) is 22.9 Å². The van der Waals surface area contributed by atoms with Crippen molar-refractivity contribution < 1.29 is 27.8 Å². The molecule has 0 saturated carbocycles. The van der Waals surface area contributed by atoms with Crippen LogP contribution in [0.2, 0.25) is 0 Å². The fraction of sp³-hybridized carbons (Fsp3) is 0.353. The third-order valence-electron chi connectivity index (χ3n) is 3.68. The molecule has 0 aromatic carbocycles. The van der Waals surface area contributed by atoms with Gasteiger partial charge in [-0.1, -0.05) is 12.1 Å². The van der Waals surface area contributed by atoms with Crippen LogP contribution in [0.4, 0.5) is 18.0 Å². The van der Waals surface area contributed by atoms with Crippen LogP contribution in [-0.2, 0) is 17.3 Å². The minimum Gasteiger partial charge on any atom is -0.453 e. The zero-order chi connectivity index (χ0) is 19.2. The van der Waals surface area contributed by atoms with E-state index in [-0.39, 0.29) is 19.5 Å². The van der Waals surface area contributed by atoms with Crippen molar-refractivity contribution in [3.8, 4) is 0 Å². The Bertz CT molecular complexity index is 709. The van der Waals surface area contributed by atoms with E-state index < -0.39 is 24.1 Å². The molecule has 0 bridgehead atoms. The number of aromatic nitrogens is 2. The molecule has 2 rings (SSSR count). The molecule has 0 spiro atoms. The Hall–Kier alpha value is -2.68. The highest BCUT2D eigenvalue weighted by Crippen LogP contribution is 2.27. The van der Waals surface area contributed by atoms with E-state index >= 15 is 0 Å². The Morgan fingerprint density at radius 1 is 1.31 bits per heavy atom. The van der Waals surface area contributed by atoms with Gasteiger partial charge in [-0.3, -0.25) is 9.97 Å². The van der Waals surface area contributed by atoms with Gasteiger partial charge in [-0.05, 0) is 24.1 Å². The third-order valence-corrected chi connectivity index (χ3v) is 3.68. The third kappa shape index (κ3) is 5.41. The lowest BCUT2D eigenvalue weighted by atomic mass is 10.1. The lowest BCUT2D eigenvalue weighted by Crippen LogP contribution is -2.36. The van der Waals surface area contributed by atoms with Crippen molar-refractivity contribution in [1.29, 1.82) is 0 Å². The molecule has 0 unspecified atom stereocenters. The van der Waals surface area contributed by atoms with Crippen LogP contribution in [0.5, 0.6) is 0 Å². The number of carbonyl (C=O) groups excluding carboxylic acids is 1. The molecule has 0 saturated heterocycles. The summed E-state index contributed by atoms with van der Waals surface area (Å²) < 4.78 is 42.3. The second kappa shape index (κ2) is 8.61. The number of ether oxygens (including phenoxy) is 1. The number of hydrogen-bond donors (Lipinski definition) is 1. The highest BCUT2D eigenvalue weighted by atomic mass is 19.4. The van der Waals surface area contributed by atoms with Crippen LogP contribution in [-0.4, -0.2) is 46.3 Å². The minimum atomic E-state index is -4.50. The van der Waals surface area contributed by atoms with Gasteiger partial charge in [0, 0.05) is 30.7 Å². The highest BCUT2D eigenvalue weighted by molar-refractivity contribution is 5.67. The largest absolute Gasteiger partial charge is 0.453 e. The predicted molar refractivity (Wildman–Crippen MR) is 86.1 cm³/mol. The first kappa shape index (κ1) is 19.6. The van der Waals surface area contributed by atoms with E-state index in [1.807, 2.05) is 0 Å². The van der Waals surface area contributed by atoms with Gasteiger partial charge >= 0.3 is 12.3 Å². The second-order valence-corrected chi connectivity index (χ2v) is 5.52. The molecule has 0 aliphatic rings. The average Bonchev–Trinajstić information content (AvgIpc) is 2.64. The minimum absolute atomic E-state index is 0.0353. The standard InChI is InChI=1S/C17H18F3N3O3/c1-26-16(25)23(11-14(24)13-3-2-7-21-10-13)8-6-12-4-5-15(22-9-12)17(18,19)20/h2-5,7,9-10,14,24H,6,8,11H2,1H3/t14-/m1/s1. The number of aliphatic hydroxyl groups excluding tert-OH is 1. The van der Waals surface area contributed by atoms with E-state index in [0.717, 1.165) is 12.3 Å². The van der Waals surface area contributed by atoms with Crippen molar-refractivity contribution in [2.75, 3.05) is 20.2 Å². The molecule has 26 heavy (non-hydrogen) atoms. The Morgan fingerprint density at radius 3 is 2.62 bits per heavy atom. The summed E-state index contributed by atoms with van der Waals surface area (Å²) >= 11 is 0. The Balaban J connectivity index is 2.01. The molecular formula is C17H18F3N3O3. The van der Waals surface area contributed by atoms with Crippen molar-refractivity contribution in [2.24, 2.45) is 0 Å². The molecule has 6 nitrogen and oxygen atoms in total. The number of carbonyl (C=O) groups is 1. The summed E-state index contributed by atoms with van der Waals surface area (Å²) in [7, 11) is 1.21. The average molecular weight is 369 g/mol. The SMILES string of the molecule is COC(=O)N(CCc1ccc(C(F)(F)F)nc1)C[C@@H](O)c1cccnc1. The van der Waals surface area contributed by atoms with Crippen LogP contribution in [0, 0.1) is 0 Å². The molecule has 0 fully saturated rings. The van der Waals surface area contributed by atoms with Crippen LogP contribution in [0.15, 0.2) is 42.9 Å². The monoisotopic (exact) mass is 369 g/mol. The summed E-state index contributed by atoms with van der Waals surface area (Å²) in [6.07, 6.45) is -1.67. The number of pyridine rings is 2. The molecule has 0 aliphatic carbocycles. The quantitative estimate of drug-likeness (QED) is 0.847. The van der Waals surface area contributed by atoms with E-state index in [4.69, 9.17) is 4.74 Å². The Morgan fingerprint density at radius 2 is 2.08 bits per heavy atom. The summed E-state index contributed by atoms with van der Waals surface area (Å²) in [5.74, 6) is 0. The maximum absolute atomic E-state index is 12.5. The van der Waals surface area contributed by atoms with Gasteiger partial charge in [-0.25, -0.2) is 4.79 Å². The second-order valence-electron chi connectivity index (χ2n) is 5.52. The Labute approximate surface area is 148 Å². The molecule has 1 N–H and O–H groups in total. The summed E-state index contributed by atoms with van der Waals surface area (Å²) in [6, 6.07) is 5.53. The fourth-order valence-electron chi connectivity index (χ4n) is 2.28. The zero-order valence-corrected chi connectivity index (χ0v) is 14.0. The van der Waals surface area contributed by atoms with Crippen LogP contribution < -0.4 is 0 Å². The first-order valence-electron chi connectivity index (χ1n) is 7.74. The maximum atomic E-state index is 12.5. The number of hydrogen-bond acceptors (Lipinski definition) is 5. The number of rotatable bonds is 6. The van der Waals surface area contributed by atoms with Crippen molar-refractivity contribution in [3.05, 3.63) is 59.7 Å². The van der Waals surface area contributed by atoms with Crippen molar-refractivity contribution in [3.63, 3.8) is 0 Å². The first-order valence-corrected chi connectivity index (χ1v) is 7.74. The molecule has 1 amide bonds. The van der Waals surface area contributed by atoms with E-state index in [2.05, 4.69) is 9.97 Å². The van der Waals surface area contributed by atoms with Crippen molar-refractivity contribution in [1.82, 2.24) is 14.9 Å². The molecule has 2 heterocycles. The van der Waals surface area contributed by atoms with Crippen LogP contribution in [0.3, 0.4) is 0 Å². The number of alkyl halides is 3. The van der Waals surface area contributed by atoms with Gasteiger partial charge in [0.25, 0.3) is 0 Å². The van der Waals surface area contributed by atoms with Gasteiger partial charge in [0.1, 0.15) is 5.69 Å². The molecule has 140 valence electrons. The molecular weight excluding hydrogens is 351 g/mol. The summed E-state index contributed by atoms with van der Waals surface area (Å²) in [6.45, 7) is 0.115. The lowest BCUT2D eigenvalue weighted by molar-refractivity contribution is -0.141. The maximum Gasteiger partial charge on any atom is 0.433 e. The molecule has 2 aromatic rings. The van der Waals surface area contributed by atoms with E-state index in [0.29, 0.717) is 11.1 Å². The molecule has 1 atom stereocenters.